The minimum absolute atomic E-state index is 0.116. The maximum Gasteiger partial charge on any atom is 0.303 e. The van der Waals surface area contributed by atoms with Crippen molar-refractivity contribution in [2.24, 2.45) is 7.05 Å². The number of carboxylic acid groups (broad SMARTS) is 1. The van der Waals surface area contributed by atoms with Gasteiger partial charge in [-0.15, -0.1) is 0 Å². The van der Waals surface area contributed by atoms with Crippen LogP contribution in [0.2, 0.25) is 0 Å². The van der Waals surface area contributed by atoms with Crippen molar-refractivity contribution in [2.75, 3.05) is 0 Å². The van der Waals surface area contributed by atoms with E-state index < -0.39 is 5.97 Å². The number of rotatable bonds is 4. The topological polar surface area (TPSA) is 55.1 Å². The van der Waals surface area contributed by atoms with E-state index in [-0.39, 0.29) is 6.42 Å². The second kappa shape index (κ2) is 5.26. The molecule has 2 rings (SSSR count). The summed E-state index contributed by atoms with van der Waals surface area (Å²) in [6.45, 7) is 4.07. The second-order valence-electron chi connectivity index (χ2n) is 4.75. The van der Waals surface area contributed by atoms with Crippen LogP contribution >= 0.6 is 0 Å². The number of hydrogen-bond donors (Lipinski definition) is 1. The zero-order valence-corrected chi connectivity index (χ0v) is 11.5. The van der Waals surface area contributed by atoms with Crippen LogP contribution in [0.25, 0.3) is 11.3 Å². The fourth-order valence-electron chi connectivity index (χ4n) is 2.36. The Labute approximate surface area is 112 Å². The number of carboxylic acids is 1. The van der Waals surface area contributed by atoms with Crippen LogP contribution in [0, 0.1) is 13.8 Å². The third kappa shape index (κ3) is 2.67. The molecule has 1 aromatic heterocycles. The number of hydrogen-bond acceptors (Lipinski definition) is 2. The van der Waals surface area contributed by atoms with Crippen LogP contribution < -0.4 is 0 Å². The predicted molar refractivity (Wildman–Crippen MR) is 74.1 cm³/mol. The van der Waals surface area contributed by atoms with Crippen LogP contribution in [0.5, 0.6) is 0 Å². The van der Waals surface area contributed by atoms with Gasteiger partial charge in [0.05, 0.1) is 17.8 Å². The van der Waals surface area contributed by atoms with Crippen molar-refractivity contribution in [1.82, 2.24) is 9.78 Å². The molecule has 0 unspecified atom stereocenters. The van der Waals surface area contributed by atoms with E-state index in [1.54, 1.807) is 0 Å². The van der Waals surface area contributed by atoms with Gasteiger partial charge in [-0.05, 0) is 25.0 Å². The first-order valence-electron chi connectivity index (χ1n) is 6.31. The van der Waals surface area contributed by atoms with Gasteiger partial charge in [0.2, 0.25) is 0 Å². The van der Waals surface area contributed by atoms with Crippen LogP contribution in [-0.2, 0) is 18.3 Å². The van der Waals surface area contributed by atoms with Crippen LogP contribution in [-0.4, -0.2) is 20.9 Å². The molecular formula is C15H18N2O2. The molecule has 0 radical (unpaired) electrons. The molecule has 0 amide bonds. The van der Waals surface area contributed by atoms with Gasteiger partial charge < -0.3 is 5.11 Å². The molecule has 1 aromatic carbocycles. The average molecular weight is 258 g/mol. The highest BCUT2D eigenvalue weighted by atomic mass is 16.4. The predicted octanol–water partition coefficient (Wildman–Crippen LogP) is 2.72. The van der Waals surface area contributed by atoms with E-state index >= 15 is 0 Å². The van der Waals surface area contributed by atoms with E-state index in [2.05, 4.69) is 24.2 Å². The van der Waals surface area contributed by atoms with E-state index in [0.29, 0.717) is 6.42 Å². The molecule has 1 N–H and O–H groups in total. The lowest BCUT2D eigenvalue weighted by Gasteiger charge is -2.07. The zero-order chi connectivity index (χ0) is 14.0. The van der Waals surface area contributed by atoms with Crippen molar-refractivity contribution in [3.05, 3.63) is 41.1 Å². The van der Waals surface area contributed by atoms with Gasteiger partial charge in [0.1, 0.15) is 0 Å². The van der Waals surface area contributed by atoms with Crippen LogP contribution in [0.15, 0.2) is 24.3 Å². The maximum absolute atomic E-state index is 10.7. The summed E-state index contributed by atoms with van der Waals surface area (Å²) in [5.41, 5.74) is 5.34. The maximum atomic E-state index is 10.7. The third-order valence-corrected chi connectivity index (χ3v) is 3.36. The van der Waals surface area contributed by atoms with Crippen molar-refractivity contribution >= 4 is 5.97 Å². The monoisotopic (exact) mass is 258 g/mol. The van der Waals surface area contributed by atoms with Gasteiger partial charge in [-0.1, -0.05) is 24.3 Å². The molecule has 0 saturated carbocycles. The van der Waals surface area contributed by atoms with Crippen molar-refractivity contribution in [3.63, 3.8) is 0 Å². The number of aryl methyl sites for hydroxylation is 3. The summed E-state index contributed by atoms with van der Waals surface area (Å²) in [4.78, 5) is 10.7. The van der Waals surface area contributed by atoms with E-state index in [9.17, 15) is 4.79 Å². The van der Waals surface area contributed by atoms with E-state index in [0.717, 1.165) is 22.5 Å². The van der Waals surface area contributed by atoms with Crippen LogP contribution in [0.1, 0.15) is 23.2 Å². The normalized spacial score (nSPS) is 10.7. The molecule has 4 heteroatoms. The Morgan fingerprint density at radius 1 is 1.32 bits per heavy atom. The third-order valence-electron chi connectivity index (χ3n) is 3.36. The molecule has 0 fully saturated rings. The van der Waals surface area contributed by atoms with E-state index in [4.69, 9.17) is 5.11 Å². The van der Waals surface area contributed by atoms with E-state index in [1.807, 2.05) is 30.8 Å². The molecule has 100 valence electrons. The van der Waals surface area contributed by atoms with E-state index in [1.165, 1.54) is 5.56 Å². The lowest BCUT2D eigenvalue weighted by Crippen LogP contribution is -1.99. The fraction of sp³-hybridized carbons (Fsp3) is 0.333. The summed E-state index contributed by atoms with van der Waals surface area (Å²) in [5.74, 6) is -0.789. The van der Waals surface area contributed by atoms with Gasteiger partial charge in [0.25, 0.3) is 0 Å². The lowest BCUT2D eigenvalue weighted by molar-refractivity contribution is -0.136. The molecule has 0 bridgehead atoms. The van der Waals surface area contributed by atoms with Crippen molar-refractivity contribution in [3.8, 4) is 11.3 Å². The van der Waals surface area contributed by atoms with Crippen molar-refractivity contribution in [2.45, 2.75) is 26.7 Å². The summed E-state index contributed by atoms with van der Waals surface area (Å²) in [6.07, 6.45) is 0.589. The van der Waals surface area contributed by atoms with Crippen molar-refractivity contribution < 1.29 is 9.90 Å². The summed E-state index contributed by atoms with van der Waals surface area (Å²) < 4.78 is 1.84. The molecule has 0 aliphatic carbocycles. The Morgan fingerprint density at radius 2 is 2.00 bits per heavy atom. The summed E-state index contributed by atoms with van der Waals surface area (Å²) in [5, 5.41) is 13.2. The van der Waals surface area contributed by atoms with Gasteiger partial charge >= 0.3 is 5.97 Å². The minimum atomic E-state index is -0.789. The number of aromatic nitrogens is 2. The molecule has 19 heavy (non-hydrogen) atoms. The molecule has 0 aliphatic heterocycles. The van der Waals surface area contributed by atoms with Gasteiger partial charge in [-0.3, -0.25) is 9.48 Å². The SMILES string of the molecule is Cc1ccccc1-c1c(C)c(CCC(=O)O)nn1C. The summed E-state index contributed by atoms with van der Waals surface area (Å²) in [7, 11) is 1.90. The van der Waals surface area contributed by atoms with Crippen LogP contribution in [0.4, 0.5) is 0 Å². The first kappa shape index (κ1) is 13.3. The average Bonchev–Trinajstić information content (AvgIpc) is 2.63. The highest BCUT2D eigenvalue weighted by Crippen LogP contribution is 2.28. The summed E-state index contributed by atoms with van der Waals surface area (Å²) >= 11 is 0. The Bertz CT molecular complexity index is 615. The Morgan fingerprint density at radius 3 is 2.63 bits per heavy atom. The van der Waals surface area contributed by atoms with Gasteiger partial charge in [-0.25, -0.2) is 0 Å². The molecular weight excluding hydrogens is 240 g/mol. The van der Waals surface area contributed by atoms with Gasteiger partial charge in [0, 0.05) is 19.0 Å². The highest BCUT2D eigenvalue weighted by molar-refractivity contribution is 5.69. The zero-order valence-electron chi connectivity index (χ0n) is 11.5. The number of carbonyl (C=O) groups is 1. The molecule has 0 spiro atoms. The number of aliphatic carboxylic acids is 1. The van der Waals surface area contributed by atoms with Crippen LogP contribution in [0.3, 0.4) is 0 Å². The van der Waals surface area contributed by atoms with Gasteiger partial charge in [-0.2, -0.15) is 5.10 Å². The Balaban J connectivity index is 2.42. The molecule has 1 heterocycles. The first-order chi connectivity index (χ1) is 9.00. The minimum Gasteiger partial charge on any atom is -0.481 e. The Kier molecular flexibility index (Phi) is 3.69. The molecule has 0 atom stereocenters. The second-order valence-corrected chi connectivity index (χ2v) is 4.75. The Hall–Kier alpha value is -2.10. The largest absolute Gasteiger partial charge is 0.481 e. The fourth-order valence-corrected chi connectivity index (χ4v) is 2.36. The molecule has 0 aliphatic rings. The van der Waals surface area contributed by atoms with Crippen molar-refractivity contribution in [1.29, 1.82) is 0 Å². The first-order valence-corrected chi connectivity index (χ1v) is 6.31. The molecule has 4 nitrogen and oxygen atoms in total. The standard InChI is InChI=1S/C15H18N2O2/c1-10-6-4-5-7-12(10)15-11(2)13(16-17(15)3)8-9-14(18)19/h4-7H,8-9H2,1-3H3,(H,18,19). The molecule has 0 saturated heterocycles. The summed E-state index contributed by atoms with van der Waals surface area (Å²) in [6, 6.07) is 8.15. The number of nitrogens with zero attached hydrogens (tertiary/aromatic N) is 2. The highest BCUT2D eigenvalue weighted by Gasteiger charge is 2.15. The quantitative estimate of drug-likeness (QED) is 0.917. The lowest BCUT2D eigenvalue weighted by atomic mass is 10.0. The number of benzene rings is 1. The molecule has 2 aromatic rings. The smallest absolute Gasteiger partial charge is 0.303 e. The van der Waals surface area contributed by atoms with Gasteiger partial charge in [0.15, 0.2) is 0 Å².